The first-order valence-corrected chi connectivity index (χ1v) is 31.2. The third-order valence-corrected chi connectivity index (χ3v) is 16.9. The fourth-order valence-electron chi connectivity index (χ4n) is 11.5. The molecule has 17 nitrogen and oxygen atoms in total. The number of carbonyl (C=O) groups excluding carboxylic acids is 3. The van der Waals surface area contributed by atoms with Crippen LogP contribution in [-0.2, 0) is 91.9 Å². The molecule has 12 atom stereocenters. The van der Waals surface area contributed by atoms with Crippen molar-refractivity contribution in [2.75, 3.05) is 6.61 Å². The first-order valence-electron chi connectivity index (χ1n) is 31.2. The quantitative estimate of drug-likeness (QED) is 0.0172. The maximum absolute atomic E-state index is 16.9. The summed E-state index contributed by atoms with van der Waals surface area (Å²) in [6, 6.07) is 51.1. The monoisotopic (exact) mass is 1320 g/mol. The number of carbonyl (C=O) groups is 4. The molecule has 2 saturated heterocycles. The van der Waals surface area contributed by atoms with Gasteiger partial charge in [-0.1, -0.05) is 217 Å². The first-order chi connectivity index (χ1) is 44.1. The fraction of sp³-hybridized carbons (Fsp3) is 0.452. The summed E-state index contributed by atoms with van der Waals surface area (Å²) in [6.45, 7) is 11.6. The topological polar surface area (TPSA) is 226 Å². The van der Waals surface area contributed by atoms with Crippen LogP contribution in [0.2, 0.25) is 0 Å². The first kappa shape index (κ1) is 80.3. The Kier molecular flexibility index (Phi) is 32.6. The van der Waals surface area contributed by atoms with Crippen LogP contribution in [0.4, 0.5) is 27.2 Å². The van der Waals surface area contributed by atoms with E-state index < -0.39 is 109 Å². The number of ether oxygens (including phenoxy) is 9. The SMILES string of the molecule is C.CCOC(=O)C(CC(F)(F)[C@]1(C)O[C@H](CC)[C@H](C)[C@H](OCc2ccccc2)[C@H]1OCc1ccccc1)NC(=O)OCc1ccccc1.CC[C@H]1O[C@@](C)(C(F)(F)CC(NC(=O)OCc2ccccc2)C(=O)O)[C@H](OCc2ccccc2)[C@@H](OCc2ccccc2)[C@H]1C.[Li+].[OH-]. The second kappa shape index (κ2) is 38.5. The van der Waals surface area contributed by atoms with Gasteiger partial charge in [0.1, 0.15) is 37.5 Å². The molecule has 0 spiro atoms. The summed E-state index contributed by atoms with van der Waals surface area (Å²) in [6.07, 6.45) is -9.10. The van der Waals surface area contributed by atoms with Gasteiger partial charge in [0.2, 0.25) is 0 Å². The average molecular weight is 1320 g/mol. The molecule has 512 valence electrons. The summed E-state index contributed by atoms with van der Waals surface area (Å²) in [5.41, 5.74) is 0.0740. The van der Waals surface area contributed by atoms with Gasteiger partial charge in [0.15, 0.2) is 11.2 Å². The number of halogens is 4. The Morgan fingerprint density at radius 1 is 0.474 bits per heavy atom. The number of amides is 2. The normalized spacial score (nSPS) is 23.0. The second-order valence-corrected chi connectivity index (χ2v) is 23.4. The number of hydrogen-bond donors (Lipinski definition) is 3. The van der Waals surface area contributed by atoms with Crippen molar-refractivity contribution >= 4 is 24.1 Å². The molecule has 0 bridgehead atoms. The summed E-state index contributed by atoms with van der Waals surface area (Å²) in [7, 11) is 0. The zero-order valence-corrected chi connectivity index (χ0v) is 54.6. The van der Waals surface area contributed by atoms with Crippen LogP contribution in [0.3, 0.4) is 0 Å². The summed E-state index contributed by atoms with van der Waals surface area (Å²) < 4.78 is 120. The van der Waals surface area contributed by atoms with E-state index in [1.165, 1.54) is 13.8 Å². The standard InChI is InChI=1S/C37H45F2NO7.C35H41F2NO7.CH4.Li.H2O/c1-5-31-26(3)32(44-23-27-16-10-7-11-17-27)33(45-24-28-18-12-8-13-19-28)36(4,47-31)37(38,39)22-30(34(41)43-6-2)40-35(42)46-25-29-20-14-9-15-21-29;1-4-29-24(2)30(42-21-25-14-8-5-9-15-25)31(43-22-26-16-10-6-11-17-26)34(3,45-29)35(36,37)20-28(32(39)40)38-33(41)44-23-27-18-12-7-13-19-27;;;/h7-21,26,30-33H,5-6,22-25H2,1-4H3,(H,40,42);5-19,24,28-31H,4,20-23H2,1-3H3,(H,38,41)(H,39,40);1H4;;1H2/q;;;+1;/p-1/t26-,30?,31+,32-,33+,36+;24-,28?,29+,30-,31+,34+;;;/m00.../s1. The zero-order valence-electron chi connectivity index (χ0n) is 54.6. The molecule has 2 unspecified atom stereocenters. The van der Waals surface area contributed by atoms with Crippen molar-refractivity contribution in [3.63, 3.8) is 0 Å². The number of alkyl halides is 4. The number of esters is 1. The summed E-state index contributed by atoms with van der Waals surface area (Å²) >= 11 is 0. The zero-order chi connectivity index (χ0) is 66.3. The van der Waals surface area contributed by atoms with Crippen LogP contribution in [-0.4, -0.2) is 113 Å². The van der Waals surface area contributed by atoms with Crippen LogP contribution >= 0.6 is 0 Å². The van der Waals surface area contributed by atoms with Gasteiger partial charge < -0.3 is 63.8 Å². The molecule has 4 N–H and O–H groups in total. The number of benzene rings is 6. The molecule has 0 aromatic heterocycles. The van der Waals surface area contributed by atoms with Crippen molar-refractivity contribution in [1.29, 1.82) is 0 Å². The van der Waals surface area contributed by atoms with E-state index in [9.17, 15) is 24.3 Å². The number of aliphatic carboxylic acids is 1. The smallest absolute Gasteiger partial charge is 0.870 e. The van der Waals surface area contributed by atoms with Crippen molar-refractivity contribution in [3.8, 4) is 0 Å². The largest absolute Gasteiger partial charge is 1.00 e. The minimum atomic E-state index is -3.80. The Morgan fingerprint density at radius 2 is 0.747 bits per heavy atom. The molecule has 22 heteroatoms. The number of nitrogens with one attached hydrogen (secondary N) is 2. The molecular weight excluding hydrogens is 1230 g/mol. The molecule has 6 aromatic rings. The Morgan fingerprint density at radius 3 is 1.03 bits per heavy atom. The molecule has 2 fully saturated rings. The molecule has 8 rings (SSSR count). The number of carboxylic acid groups (broad SMARTS) is 1. The average Bonchev–Trinajstić information content (AvgIpc) is 0.745. The summed E-state index contributed by atoms with van der Waals surface area (Å²) in [5, 5.41) is 14.3. The van der Waals surface area contributed by atoms with Crippen LogP contribution in [0.15, 0.2) is 182 Å². The van der Waals surface area contributed by atoms with Crippen molar-refractivity contribution in [3.05, 3.63) is 215 Å². The van der Waals surface area contributed by atoms with E-state index in [2.05, 4.69) is 10.6 Å². The Balaban J connectivity index is 0.000000392. The van der Waals surface area contributed by atoms with Gasteiger partial charge in [0.25, 0.3) is 11.8 Å². The predicted octanol–water partition coefficient (Wildman–Crippen LogP) is 11.5. The number of hydrogen-bond acceptors (Lipinski definition) is 14. The van der Waals surface area contributed by atoms with Crippen LogP contribution < -0.4 is 29.5 Å². The van der Waals surface area contributed by atoms with E-state index in [1.807, 2.05) is 155 Å². The molecule has 2 heterocycles. The number of alkyl carbamates (subject to hydrolysis) is 2. The third-order valence-electron chi connectivity index (χ3n) is 16.9. The minimum Gasteiger partial charge on any atom is -0.870 e. The molecule has 2 aliphatic rings. The van der Waals surface area contributed by atoms with Crippen molar-refractivity contribution in [2.24, 2.45) is 11.8 Å². The van der Waals surface area contributed by atoms with Gasteiger partial charge in [-0.15, -0.1) is 0 Å². The number of carboxylic acids is 1. The summed E-state index contributed by atoms with van der Waals surface area (Å²) in [4.78, 5) is 50.4. The van der Waals surface area contributed by atoms with Crippen molar-refractivity contribution in [2.45, 2.75) is 193 Å². The van der Waals surface area contributed by atoms with E-state index in [-0.39, 0.29) is 89.8 Å². The molecule has 0 radical (unpaired) electrons. The molecule has 2 aliphatic heterocycles. The summed E-state index contributed by atoms with van der Waals surface area (Å²) in [5.74, 6) is -10.8. The van der Waals surface area contributed by atoms with E-state index in [0.717, 1.165) is 22.3 Å². The van der Waals surface area contributed by atoms with E-state index in [4.69, 9.17) is 42.6 Å². The van der Waals surface area contributed by atoms with Gasteiger partial charge in [0, 0.05) is 24.7 Å². The molecular formula is C73H91F4LiN2O15. The molecule has 6 aromatic carbocycles. The van der Waals surface area contributed by atoms with Gasteiger partial charge >= 0.3 is 43.0 Å². The second-order valence-electron chi connectivity index (χ2n) is 23.4. The number of rotatable bonds is 29. The van der Waals surface area contributed by atoms with E-state index in [1.54, 1.807) is 61.5 Å². The van der Waals surface area contributed by atoms with Gasteiger partial charge in [-0.25, -0.2) is 36.7 Å². The minimum absolute atomic E-state index is 0. The van der Waals surface area contributed by atoms with Gasteiger partial charge in [-0.05, 0) is 67.0 Å². The van der Waals surface area contributed by atoms with Crippen molar-refractivity contribution in [1.82, 2.24) is 10.6 Å². The van der Waals surface area contributed by atoms with Crippen LogP contribution in [0.1, 0.15) is 115 Å². The van der Waals surface area contributed by atoms with Gasteiger partial charge in [-0.2, -0.15) is 0 Å². The van der Waals surface area contributed by atoms with E-state index >= 15 is 17.6 Å². The van der Waals surface area contributed by atoms with Crippen LogP contribution in [0.5, 0.6) is 0 Å². The van der Waals surface area contributed by atoms with Crippen LogP contribution in [0, 0.1) is 11.8 Å². The van der Waals surface area contributed by atoms with Crippen molar-refractivity contribution < 1.29 is 109 Å². The molecule has 95 heavy (non-hydrogen) atoms. The Hall–Kier alpha value is -7.16. The third kappa shape index (κ3) is 22.2. The Bertz CT molecular complexity index is 3190. The maximum atomic E-state index is 16.9. The Labute approximate surface area is 567 Å². The fourth-order valence-corrected chi connectivity index (χ4v) is 11.5. The van der Waals surface area contributed by atoms with E-state index in [0.29, 0.717) is 24.0 Å². The predicted molar refractivity (Wildman–Crippen MR) is 345 cm³/mol. The van der Waals surface area contributed by atoms with Gasteiger partial charge in [-0.3, -0.25) is 0 Å². The van der Waals surface area contributed by atoms with Crippen LogP contribution in [0.25, 0.3) is 0 Å². The molecule has 0 aliphatic carbocycles. The maximum Gasteiger partial charge on any atom is 1.00 e. The van der Waals surface area contributed by atoms with Gasteiger partial charge in [0.05, 0.1) is 57.5 Å². The molecule has 0 saturated carbocycles. The molecule has 2 amide bonds.